The van der Waals surface area contributed by atoms with Gasteiger partial charge >= 0.3 is 0 Å². The third kappa shape index (κ3) is 2.76. The number of benzene rings is 1. The number of allylic oxidation sites excluding steroid dienone is 1. The average Bonchev–Trinajstić information content (AvgIpc) is 2.59. The van der Waals surface area contributed by atoms with Gasteiger partial charge in [0.2, 0.25) is 5.91 Å². The van der Waals surface area contributed by atoms with E-state index in [4.69, 9.17) is 0 Å². The summed E-state index contributed by atoms with van der Waals surface area (Å²) in [5.74, 6) is 0.463. The highest BCUT2D eigenvalue weighted by molar-refractivity contribution is 5.81. The molecule has 1 aliphatic heterocycles. The van der Waals surface area contributed by atoms with Crippen LogP contribution in [0.2, 0.25) is 0 Å². The first-order valence-electron chi connectivity index (χ1n) is 6.16. The molecule has 2 nitrogen and oxygen atoms in total. The molecule has 1 heterocycles. The summed E-state index contributed by atoms with van der Waals surface area (Å²) in [5, 5.41) is 0. The molecule has 1 aromatic rings. The van der Waals surface area contributed by atoms with Crippen molar-refractivity contribution >= 4 is 12.0 Å². The molecule has 1 amide bonds. The Kier molecular flexibility index (Phi) is 3.62. The van der Waals surface area contributed by atoms with Gasteiger partial charge in [0.05, 0.1) is 0 Å². The molecule has 2 heteroatoms. The van der Waals surface area contributed by atoms with E-state index in [0.29, 0.717) is 6.04 Å². The Morgan fingerprint density at radius 2 is 2.06 bits per heavy atom. The van der Waals surface area contributed by atoms with Gasteiger partial charge in [-0.2, -0.15) is 0 Å². The normalized spacial score (nSPS) is 24.8. The maximum atomic E-state index is 11.9. The maximum absolute atomic E-state index is 11.9. The Hall–Kier alpha value is -1.57. The molecule has 2 rings (SSSR count). The second-order valence-electron chi connectivity index (χ2n) is 4.78. The number of carbonyl (C=O) groups is 1. The third-order valence-electron chi connectivity index (χ3n) is 3.51. The first-order valence-corrected chi connectivity index (χ1v) is 6.16. The van der Waals surface area contributed by atoms with E-state index in [0.717, 1.165) is 12.8 Å². The van der Waals surface area contributed by atoms with Crippen molar-refractivity contribution < 1.29 is 4.79 Å². The smallest absolute Gasteiger partial charge is 0.226 e. The predicted molar refractivity (Wildman–Crippen MR) is 70.4 cm³/mol. The largest absolute Gasteiger partial charge is 0.343 e. The van der Waals surface area contributed by atoms with Crippen LogP contribution in [0.25, 0.3) is 6.08 Å². The summed E-state index contributed by atoms with van der Waals surface area (Å²) >= 11 is 0. The number of amides is 1. The molecule has 90 valence electrons. The van der Waals surface area contributed by atoms with Crippen molar-refractivity contribution in [2.75, 3.05) is 7.05 Å². The molecule has 17 heavy (non-hydrogen) atoms. The Labute approximate surface area is 103 Å². The fourth-order valence-corrected chi connectivity index (χ4v) is 2.31. The lowest BCUT2D eigenvalue weighted by molar-refractivity contribution is -0.130. The van der Waals surface area contributed by atoms with Crippen LogP contribution in [-0.2, 0) is 4.79 Å². The van der Waals surface area contributed by atoms with Gasteiger partial charge in [-0.1, -0.05) is 42.5 Å². The third-order valence-corrected chi connectivity index (χ3v) is 3.51. The van der Waals surface area contributed by atoms with E-state index < -0.39 is 0 Å². The molecule has 2 unspecified atom stereocenters. The molecule has 0 N–H and O–H groups in total. The van der Waals surface area contributed by atoms with E-state index in [1.807, 2.05) is 30.1 Å². The van der Waals surface area contributed by atoms with Crippen LogP contribution in [0.5, 0.6) is 0 Å². The van der Waals surface area contributed by atoms with Crippen molar-refractivity contribution in [3.8, 4) is 0 Å². The number of likely N-dealkylation sites (tertiary alicyclic amines) is 1. The summed E-state index contributed by atoms with van der Waals surface area (Å²) in [4.78, 5) is 13.7. The van der Waals surface area contributed by atoms with Gasteiger partial charge in [-0.25, -0.2) is 0 Å². The Morgan fingerprint density at radius 1 is 1.35 bits per heavy atom. The molecule has 0 radical (unpaired) electrons. The van der Waals surface area contributed by atoms with Crippen molar-refractivity contribution in [3.05, 3.63) is 42.0 Å². The SMILES string of the molecule is CC1CC(C/C=C/c2ccccc2)C(=O)N1C. The summed E-state index contributed by atoms with van der Waals surface area (Å²) in [6, 6.07) is 10.6. The molecule has 2 atom stereocenters. The van der Waals surface area contributed by atoms with Gasteiger partial charge in [0.1, 0.15) is 0 Å². The number of rotatable bonds is 3. The lowest BCUT2D eigenvalue weighted by Crippen LogP contribution is -2.27. The van der Waals surface area contributed by atoms with Gasteiger partial charge in [0.15, 0.2) is 0 Å². The van der Waals surface area contributed by atoms with Crippen molar-refractivity contribution in [2.45, 2.75) is 25.8 Å². The molecular weight excluding hydrogens is 210 g/mol. The molecule has 0 aromatic heterocycles. The topological polar surface area (TPSA) is 20.3 Å². The molecule has 0 bridgehead atoms. The van der Waals surface area contributed by atoms with E-state index in [1.54, 1.807) is 0 Å². The van der Waals surface area contributed by atoms with Gasteiger partial charge in [-0.3, -0.25) is 4.79 Å². The van der Waals surface area contributed by atoms with Crippen LogP contribution < -0.4 is 0 Å². The van der Waals surface area contributed by atoms with Crippen LogP contribution >= 0.6 is 0 Å². The Morgan fingerprint density at radius 3 is 2.65 bits per heavy atom. The van der Waals surface area contributed by atoms with Crippen LogP contribution in [-0.4, -0.2) is 23.9 Å². The summed E-state index contributed by atoms with van der Waals surface area (Å²) in [6.45, 7) is 2.11. The summed E-state index contributed by atoms with van der Waals surface area (Å²) in [5.41, 5.74) is 1.19. The zero-order valence-electron chi connectivity index (χ0n) is 10.5. The Balaban J connectivity index is 1.91. The zero-order valence-corrected chi connectivity index (χ0v) is 10.5. The lowest BCUT2D eigenvalue weighted by Gasteiger charge is -2.13. The highest BCUT2D eigenvalue weighted by Crippen LogP contribution is 2.25. The highest BCUT2D eigenvalue weighted by Gasteiger charge is 2.33. The molecule has 0 saturated carbocycles. The van der Waals surface area contributed by atoms with Gasteiger partial charge < -0.3 is 4.90 Å². The van der Waals surface area contributed by atoms with Crippen LogP contribution in [0, 0.1) is 5.92 Å². The van der Waals surface area contributed by atoms with E-state index in [1.165, 1.54) is 5.56 Å². The average molecular weight is 229 g/mol. The summed E-state index contributed by atoms with van der Waals surface area (Å²) in [7, 11) is 1.90. The van der Waals surface area contributed by atoms with Crippen molar-refractivity contribution in [3.63, 3.8) is 0 Å². The van der Waals surface area contributed by atoms with Crippen LogP contribution in [0.3, 0.4) is 0 Å². The van der Waals surface area contributed by atoms with Crippen LogP contribution in [0.1, 0.15) is 25.3 Å². The summed E-state index contributed by atoms with van der Waals surface area (Å²) in [6.07, 6.45) is 6.04. The van der Waals surface area contributed by atoms with Gasteiger partial charge in [0.25, 0.3) is 0 Å². The molecule has 1 saturated heterocycles. The number of hydrogen-bond donors (Lipinski definition) is 0. The second-order valence-corrected chi connectivity index (χ2v) is 4.78. The van der Waals surface area contributed by atoms with Crippen molar-refractivity contribution in [2.24, 2.45) is 5.92 Å². The van der Waals surface area contributed by atoms with E-state index in [-0.39, 0.29) is 11.8 Å². The van der Waals surface area contributed by atoms with Crippen LogP contribution in [0.4, 0.5) is 0 Å². The zero-order chi connectivity index (χ0) is 12.3. The van der Waals surface area contributed by atoms with Crippen LogP contribution in [0.15, 0.2) is 36.4 Å². The Bertz CT molecular complexity index is 410. The number of carbonyl (C=O) groups excluding carboxylic acids is 1. The van der Waals surface area contributed by atoms with Gasteiger partial charge in [-0.05, 0) is 25.3 Å². The highest BCUT2D eigenvalue weighted by atomic mass is 16.2. The van der Waals surface area contributed by atoms with E-state index in [2.05, 4.69) is 31.2 Å². The predicted octanol–water partition coefficient (Wildman–Crippen LogP) is 2.96. The first-order chi connectivity index (χ1) is 8.18. The molecule has 0 aliphatic carbocycles. The first kappa shape index (κ1) is 11.9. The standard InChI is InChI=1S/C15H19NO/c1-12-11-14(15(17)16(12)2)10-6-9-13-7-4-3-5-8-13/h3-9,12,14H,10-11H2,1-2H3/b9-6+. The maximum Gasteiger partial charge on any atom is 0.226 e. The summed E-state index contributed by atoms with van der Waals surface area (Å²) < 4.78 is 0. The number of nitrogens with zero attached hydrogens (tertiary/aromatic N) is 1. The number of hydrogen-bond acceptors (Lipinski definition) is 1. The van der Waals surface area contributed by atoms with Crippen molar-refractivity contribution in [1.29, 1.82) is 0 Å². The fraction of sp³-hybridized carbons (Fsp3) is 0.400. The fourth-order valence-electron chi connectivity index (χ4n) is 2.31. The van der Waals surface area contributed by atoms with E-state index in [9.17, 15) is 4.79 Å². The molecule has 1 aromatic carbocycles. The minimum absolute atomic E-state index is 0.176. The molecule has 0 spiro atoms. The lowest BCUT2D eigenvalue weighted by atomic mass is 10.0. The minimum Gasteiger partial charge on any atom is -0.343 e. The molecular formula is C15H19NO. The van der Waals surface area contributed by atoms with Gasteiger partial charge in [0, 0.05) is 19.0 Å². The molecule has 1 aliphatic rings. The minimum atomic E-state index is 0.176. The van der Waals surface area contributed by atoms with E-state index >= 15 is 0 Å². The van der Waals surface area contributed by atoms with Gasteiger partial charge in [-0.15, -0.1) is 0 Å². The molecule has 1 fully saturated rings. The quantitative estimate of drug-likeness (QED) is 0.780. The monoisotopic (exact) mass is 229 g/mol. The second kappa shape index (κ2) is 5.17. The van der Waals surface area contributed by atoms with Crippen molar-refractivity contribution in [1.82, 2.24) is 4.90 Å².